The molecule has 0 atom stereocenters. The first-order valence-electron chi connectivity index (χ1n) is 3.87. The van der Waals surface area contributed by atoms with Crippen molar-refractivity contribution in [3.05, 3.63) is 24.6 Å². The van der Waals surface area contributed by atoms with Gasteiger partial charge in [0.25, 0.3) is 0 Å². The van der Waals surface area contributed by atoms with Crippen LogP contribution in [0.4, 0.5) is 0 Å². The molecular formula is C9H9NO2. The van der Waals surface area contributed by atoms with Crippen LogP contribution in [0, 0.1) is 0 Å². The first kappa shape index (κ1) is 7.16. The van der Waals surface area contributed by atoms with Gasteiger partial charge in [0, 0.05) is 6.20 Å². The van der Waals surface area contributed by atoms with Gasteiger partial charge in [-0.1, -0.05) is 0 Å². The predicted molar refractivity (Wildman–Crippen MR) is 45.2 cm³/mol. The lowest BCUT2D eigenvalue weighted by Gasteiger charge is -1.96. The number of ether oxygens (including phenoxy) is 1. The van der Waals surface area contributed by atoms with E-state index in [2.05, 4.69) is 4.98 Å². The highest BCUT2D eigenvalue weighted by Crippen LogP contribution is 2.24. The molecule has 0 fully saturated rings. The molecule has 0 aromatic carbocycles. The summed E-state index contributed by atoms with van der Waals surface area (Å²) in [6.07, 6.45) is 3.31. The summed E-state index contributed by atoms with van der Waals surface area (Å²) in [5.74, 6) is 0.716. The van der Waals surface area contributed by atoms with E-state index in [4.69, 9.17) is 9.15 Å². The van der Waals surface area contributed by atoms with E-state index in [1.54, 1.807) is 12.5 Å². The van der Waals surface area contributed by atoms with Crippen molar-refractivity contribution in [1.82, 2.24) is 4.98 Å². The van der Waals surface area contributed by atoms with E-state index in [1.165, 1.54) is 0 Å². The van der Waals surface area contributed by atoms with E-state index in [9.17, 15) is 0 Å². The Morgan fingerprint density at radius 3 is 3.33 bits per heavy atom. The third kappa shape index (κ3) is 1.03. The average molecular weight is 163 g/mol. The maximum atomic E-state index is 5.30. The molecule has 0 radical (unpaired) electrons. The van der Waals surface area contributed by atoms with Gasteiger partial charge in [-0.3, -0.25) is 0 Å². The van der Waals surface area contributed by atoms with Crippen molar-refractivity contribution < 1.29 is 9.15 Å². The lowest BCUT2D eigenvalue weighted by Crippen LogP contribution is -1.89. The van der Waals surface area contributed by atoms with Crippen LogP contribution in [-0.2, 0) is 0 Å². The summed E-state index contributed by atoms with van der Waals surface area (Å²) in [5, 5.41) is 0. The molecule has 2 aromatic rings. The minimum Gasteiger partial charge on any atom is -0.488 e. The molecule has 3 nitrogen and oxygen atoms in total. The third-order valence-corrected chi connectivity index (χ3v) is 1.60. The zero-order chi connectivity index (χ0) is 8.39. The molecule has 0 amide bonds. The van der Waals surface area contributed by atoms with Gasteiger partial charge in [0.2, 0.25) is 0 Å². The van der Waals surface area contributed by atoms with Gasteiger partial charge in [-0.05, 0) is 19.1 Å². The second-order valence-corrected chi connectivity index (χ2v) is 2.38. The number of hydrogen-bond donors (Lipinski definition) is 0. The van der Waals surface area contributed by atoms with E-state index in [0.29, 0.717) is 12.4 Å². The van der Waals surface area contributed by atoms with Gasteiger partial charge < -0.3 is 9.15 Å². The van der Waals surface area contributed by atoms with E-state index < -0.39 is 0 Å². The third-order valence-electron chi connectivity index (χ3n) is 1.60. The normalized spacial score (nSPS) is 10.4. The van der Waals surface area contributed by atoms with Crippen molar-refractivity contribution in [3.8, 4) is 5.75 Å². The molecule has 2 aromatic heterocycles. The van der Waals surface area contributed by atoms with Gasteiger partial charge in [0.15, 0.2) is 16.8 Å². The predicted octanol–water partition coefficient (Wildman–Crippen LogP) is 2.23. The lowest BCUT2D eigenvalue weighted by molar-refractivity contribution is 0.338. The molecule has 0 saturated carbocycles. The van der Waals surface area contributed by atoms with Crippen molar-refractivity contribution in [2.24, 2.45) is 0 Å². The van der Waals surface area contributed by atoms with Gasteiger partial charge in [-0.25, -0.2) is 4.98 Å². The van der Waals surface area contributed by atoms with Crippen LogP contribution in [0.15, 0.2) is 29.0 Å². The maximum absolute atomic E-state index is 5.30. The minimum absolute atomic E-state index is 0.630. The summed E-state index contributed by atoms with van der Waals surface area (Å²) in [4.78, 5) is 4.14. The molecule has 3 heteroatoms. The molecule has 0 aliphatic heterocycles. The molecule has 0 aliphatic carbocycles. The monoisotopic (exact) mass is 163 g/mol. The zero-order valence-corrected chi connectivity index (χ0v) is 6.78. The molecule has 62 valence electrons. The number of fused-ring (bicyclic) bond motifs is 1. The number of aromatic nitrogens is 1. The molecule has 2 rings (SSSR count). The highest BCUT2D eigenvalue weighted by Gasteiger charge is 2.05. The molecular weight excluding hydrogens is 154 g/mol. The minimum atomic E-state index is 0.630. The van der Waals surface area contributed by atoms with E-state index in [0.717, 1.165) is 11.1 Å². The number of rotatable bonds is 2. The van der Waals surface area contributed by atoms with Crippen LogP contribution in [0.3, 0.4) is 0 Å². The number of furan rings is 1. The Bertz CT molecular complexity index is 381. The Morgan fingerprint density at radius 1 is 1.58 bits per heavy atom. The second-order valence-electron chi connectivity index (χ2n) is 2.38. The zero-order valence-electron chi connectivity index (χ0n) is 6.78. The van der Waals surface area contributed by atoms with Crippen molar-refractivity contribution in [3.63, 3.8) is 0 Å². The molecule has 0 aliphatic rings. The summed E-state index contributed by atoms with van der Waals surface area (Å²) in [6, 6.07) is 3.70. The number of pyridine rings is 1. The summed E-state index contributed by atoms with van der Waals surface area (Å²) in [7, 11) is 0. The first-order chi connectivity index (χ1) is 5.92. The Kier molecular flexibility index (Phi) is 1.70. The summed E-state index contributed by atoms with van der Waals surface area (Å²) < 4.78 is 10.5. The van der Waals surface area contributed by atoms with Crippen molar-refractivity contribution in [2.75, 3.05) is 6.61 Å². The summed E-state index contributed by atoms with van der Waals surface area (Å²) in [5.41, 5.74) is 1.56. The van der Waals surface area contributed by atoms with Gasteiger partial charge >= 0.3 is 0 Å². The SMILES string of the molecule is CCOc1coc2cccnc12. The standard InChI is InChI=1S/C9H9NO2/c1-2-11-8-6-12-7-4-3-5-10-9(7)8/h3-6H,2H2,1H3. The largest absolute Gasteiger partial charge is 0.488 e. The van der Waals surface area contributed by atoms with Crippen LogP contribution in [0.25, 0.3) is 11.1 Å². The van der Waals surface area contributed by atoms with Crippen LogP contribution >= 0.6 is 0 Å². The maximum Gasteiger partial charge on any atom is 0.183 e. The second kappa shape index (κ2) is 2.85. The van der Waals surface area contributed by atoms with E-state index >= 15 is 0 Å². The lowest BCUT2D eigenvalue weighted by atomic mass is 10.4. The molecule has 0 N–H and O–H groups in total. The molecule has 2 heterocycles. The van der Waals surface area contributed by atoms with Crippen molar-refractivity contribution in [2.45, 2.75) is 6.92 Å². The average Bonchev–Trinajstić information content (AvgIpc) is 2.50. The van der Waals surface area contributed by atoms with Crippen molar-refractivity contribution >= 4 is 11.1 Å². The van der Waals surface area contributed by atoms with E-state index in [-0.39, 0.29) is 0 Å². The number of hydrogen-bond acceptors (Lipinski definition) is 3. The van der Waals surface area contributed by atoms with Gasteiger partial charge in [-0.15, -0.1) is 0 Å². The quantitative estimate of drug-likeness (QED) is 0.680. The van der Waals surface area contributed by atoms with Crippen LogP contribution in [-0.4, -0.2) is 11.6 Å². The highest BCUT2D eigenvalue weighted by molar-refractivity contribution is 5.79. The molecule has 0 bridgehead atoms. The van der Waals surface area contributed by atoms with Gasteiger partial charge in [-0.2, -0.15) is 0 Å². The first-order valence-corrected chi connectivity index (χ1v) is 3.87. The summed E-state index contributed by atoms with van der Waals surface area (Å²) in [6.45, 7) is 2.56. The topological polar surface area (TPSA) is 35.3 Å². The van der Waals surface area contributed by atoms with E-state index in [1.807, 2.05) is 19.1 Å². The van der Waals surface area contributed by atoms with Crippen LogP contribution < -0.4 is 4.74 Å². The van der Waals surface area contributed by atoms with Crippen LogP contribution in [0.1, 0.15) is 6.92 Å². The fourth-order valence-corrected chi connectivity index (χ4v) is 1.10. The fourth-order valence-electron chi connectivity index (χ4n) is 1.10. The van der Waals surface area contributed by atoms with Crippen LogP contribution in [0.2, 0.25) is 0 Å². The Balaban J connectivity index is 2.55. The molecule has 0 unspecified atom stereocenters. The number of nitrogens with zero attached hydrogens (tertiary/aromatic N) is 1. The van der Waals surface area contributed by atoms with Crippen molar-refractivity contribution in [1.29, 1.82) is 0 Å². The Morgan fingerprint density at radius 2 is 2.50 bits per heavy atom. The highest BCUT2D eigenvalue weighted by atomic mass is 16.5. The smallest absolute Gasteiger partial charge is 0.183 e. The van der Waals surface area contributed by atoms with Gasteiger partial charge in [0.05, 0.1) is 6.61 Å². The molecule has 0 spiro atoms. The fraction of sp³-hybridized carbons (Fsp3) is 0.222. The molecule has 12 heavy (non-hydrogen) atoms. The van der Waals surface area contributed by atoms with Gasteiger partial charge in [0.1, 0.15) is 6.26 Å². The van der Waals surface area contributed by atoms with Crippen LogP contribution in [0.5, 0.6) is 5.75 Å². The molecule has 0 saturated heterocycles. The summed E-state index contributed by atoms with van der Waals surface area (Å²) >= 11 is 0. The Hall–Kier alpha value is -1.51. The Labute approximate surface area is 70.0 Å².